The number of nitrogens with one attached hydrogen (secondary N) is 2. The Balaban J connectivity index is 1.44. The third kappa shape index (κ3) is 4.75. The van der Waals surface area contributed by atoms with Gasteiger partial charge in [-0.1, -0.05) is 24.3 Å². The molecule has 0 radical (unpaired) electrons. The zero-order valence-electron chi connectivity index (χ0n) is 14.7. The van der Waals surface area contributed by atoms with E-state index in [1.54, 1.807) is 36.4 Å². The van der Waals surface area contributed by atoms with E-state index >= 15 is 0 Å². The number of aromatic nitrogens is 1. The van der Waals surface area contributed by atoms with Crippen molar-refractivity contribution in [3.8, 4) is 5.75 Å². The number of ether oxygens (including phenoxy) is 1. The van der Waals surface area contributed by atoms with Crippen molar-refractivity contribution in [2.75, 3.05) is 6.61 Å². The fourth-order valence-electron chi connectivity index (χ4n) is 2.53. The van der Waals surface area contributed by atoms with Crippen molar-refractivity contribution in [1.29, 1.82) is 0 Å². The molecule has 0 spiro atoms. The van der Waals surface area contributed by atoms with Gasteiger partial charge in [0.15, 0.2) is 12.2 Å². The van der Waals surface area contributed by atoms with Gasteiger partial charge in [0.05, 0.1) is 5.52 Å². The molecule has 27 heavy (non-hydrogen) atoms. The number of hydrazine groups is 1. The van der Waals surface area contributed by atoms with E-state index in [1.807, 2.05) is 19.1 Å². The van der Waals surface area contributed by atoms with Crippen LogP contribution >= 0.6 is 0 Å². The molecule has 0 aliphatic carbocycles. The first-order valence-electron chi connectivity index (χ1n) is 8.38. The lowest BCUT2D eigenvalue weighted by Crippen LogP contribution is -2.44. The molecule has 0 fully saturated rings. The van der Waals surface area contributed by atoms with Gasteiger partial charge in [0, 0.05) is 13.0 Å². The number of hydrogen-bond donors (Lipinski definition) is 2. The maximum atomic E-state index is 11.9. The molecule has 3 rings (SSSR count). The zero-order valence-corrected chi connectivity index (χ0v) is 14.7. The van der Waals surface area contributed by atoms with Crippen LogP contribution in [0.3, 0.4) is 0 Å². The minimum atomic E-state index is -0.528. The minimum absolute atomic E-state index is 0.00243. The molecule has 1 heterocycles. The van der Waals surface area contributed by atoms with E-state index < -0.39 is 17.6 Å². The summed E-state index contributed by atoms with van der Waals surface area (Å²) >= 11 is 0. The minimum Gasteiger partial charge on any atom is -0.484 e. The summed E-state index contributed by atoms with van der Waals surface area (Å²) in [5.41, 5.74) is 6.67. The van der Waals surface area contributed by atoms with E-state index in [9.17, 15) is 14.4 Å². The Hall–Kier alpha value is -3.55. The van der Waals surface area contributed by atoms with Crippen LogP contribution in [0.2, 0.25) is 0 Å². The number of para-hydroxylation sites is 2. The maximum absolute atomic E-state index is 11.9. The predicted octanol–water partition coefficient (Wildman–Crippen LogP) is 1.52. The van der Waals surface area contributed by atoms with Crippen molar-refractivity contribution >= 4 is 22.9 Å². The molecule has 0 saturated heterocycles. The lowest BCUT2D eigenvalue weighted by molar-refractivity contribution is -0.130. The third-order valence-corrected chi connectivity index (χ3v) is 3.84. The van der Waals surface area contributed by atoms with Gasteiger partial charge in [-0.2, -0.15) is 0 Å². The monoisotopic (exact) mass is 369 g/mol. The molecule has 2 N–H and O–H groups in total. The summed E-state index contributed by atoms with van der Waals surface area (Å²) in [4.78, 5) is 35.5. The van der Waals surface area contributed by atoms with Gasteiger partial charge in [0.2, 0.25) is 5.91 Å². The van der Waals surface area contributed by atoms with Crippen LogP contribution in [0.4, 0.5) is 0 Å². The van der Waals surface area contributed by atoms with E-state index in [2.05, 4.69) is 10.9 Å². The Morgan fingerprint density at radius 3 is 2.67 bits per heavy atom. The summed E-state index contributed by atoms with van der Waals surface area (Å²) in [5, 5.41) is 0. The normalized spacial score (nSPS) is 10.6. The number of amides is 2. The Kier molecular flexibility index (Phi) is 5.55. The Labute approximate surface area is 154 Å². The number of hydrogen-bond acceptors (Lipinski definition) is 5. The van der Waals surface area contributed by atoms with Gasteiger partial charge in [-0.05, 0) is 36.8 Å². The van der Waals surface area contributed by atoms with Crippen molar-refractivity contribution in [3.63, 3.8) is 0 Å². The highest BCUT2D eigenvalue weighted by atomic mass is 16.5. The highest BCUT2D eigenvalue weighted by molar-refractivity contribution is 5.82. The molecule has 0 aliphatic rings. The molecular formula is C19H19N3O5. The van der Waals surface area contributed by atoms with Crippen molar-refractivity contribution in [2.24, 2.45) is 0 Å². The Morgan fingerprint density at radius 1 is 1.07 bits per heavy atom. The number of benzene rings is 2. The second-order valence-electron chi connectivity index (χ2n) is 5.94. The summed E-state index contributed by atoms with van der Waals surface area (Å²) in [7, 11) is 0. The van der Waals surface area contributed by atoms with Crippen molar-refractivity contribution in [3.05, 3.63) is 64.6 Å². The van der Waals surface area contributed by atoms with Gasteiger partial charge >= 0.3 is 5.76 Å². The van der Waals surface area contributed by atoms with Gasteiger partial charge < -0.3 is 9.15 Å². The van der Waals surface area contributed by atoms with Crippen molar-refractivity contribution in [1.82, 2.24) is 15.4 Å². The first kappa shape index (κ1) is 18.2. The molecule has 1 aromatic heterocycles. The second kappa shape index (κ2) is 8.22. The van der Waals surface area contributed by atoms with E-state index in [-0.39, 0.29) is 19.6 Å². The number of oxazole rings is 1. The van der Waals surface area contributed by atoms with Gasteiger partial charge in [-0.3, -0.25) is 25.0 Å². The number of carbonyl (C=O) groups excluding carboxylic acids is 2. The average Bonchev–Trinajstić information content (AvgIpc) is 2.98. The van der Waals surface area contributed by atoms with Crippen LogP contribution in [0.1, 0.15) is 12.0 Å². The standard InChI is InChI=1S/C19H19N3O5/c1-13-5-4-6-14(11-13)26-12-18(24)21-20-17(23)9-10-22-15-7-2-3-8-16(15)27-19(22)25/h2-8,11H,9-10,12H2,1H3,(H,20,23)(H,21,24). The molecular weight excluding hydrogens is 350 g/mol. The first-order chi connectivity index (χ1) is 13.0. The number of aryl methyl sites for hydroxylation is 2. The van der Waals surface area contributed by atoms with E-state index in [0.717, 1.165) is 5.56 Å². The molecule has 2 amide bonds. The first-order valence-corrected chi connectivity index (χ1v) is 8.38. The van der Waals surface area contributed by atoms with Crippen molar-refractivity contribution in [2.45, 2.75) is 19.9 Å². The third-order valence-electron chi connectivity index (χ3n) is 3.84. The molecule has 0 bridgehead atoms. The van der Waals surface area contributed by atoms with Gasteiger partial charge in [0.25, 0.3) is 5.91 Å². The van der Waals surface area contributed by atoms with Crippen LogP contribution in [0.5, 0.6) is 5.75 Å². The zero-order chi connectivity index (χ0) is 19.2. The summed E-state index contributed by atoms with van der Waals surface area (Å²) in [5.74, 6) is -0.880. The number of carbonyl (C=O) groups is 2. The summed E-state index contributed by atoms with van der Waals surface area (Å²) < 4.78 is 11.8. The lowest BCUT2D eigenvalue weighted by Gasteiger charge is -2.09. The Bertz CT molecular complexity index is 1020. The Morgan fingerprint density at radius 2 is 1.85 bits per heavy atom. The van der Waals surface area contributed by atoms with E-state index in [1.165, 1.54) is 4.57 Å². The van der Waals surface area contributed by atoms with Crippen LogP contribution < -0.4 is 21.3 Å². The van der Waals surface area contributed by atoms with Crippen LogP contribution in [-0.4, -0.2) is 23.0 Å². The number of rotatable bonds is 6. The molecule has 140 valence electrons. The summed E-state index contributed by atoms with van der Waals surface area (Å²) in [6.07, 6.45) is 0.00243. The number of nitrogens with zero attached hydrogens (tertiary/aromatic N) is 1. The van der Waals surface area contributed by atoms with Crippen molar-refractivity contribution < 1.29 is 18.7 Å². The molecule has 0 atom stereocenters. The molecule has 2 aromatic carbocycles. The summed E-state index contributed by atoms with van der Waals surface area (Å²) in [6, 6.07) is 14.3. The summed E-state index contributed by atoms with van der Waals surface area (Å²) in [6.45, 7) is 1.83. The molecule has 8 nitrogen and oxygen atoms in total. The highest BCUT2D eigenvalue weighted by Crippen LogP contribution is 2.12. The molecule has 0 aliphatic heterocycles. The van der Waals surface area contributed by atoms with Crippen LogP contribution in [0.25, 0.3) is 11.1 Å². The highest BCUT2D eigenvalue weighted by Gasteiger charge is 2.11. The van der Waals surface area contributed by atoms with Crippen LogP contribution in [0, 0.1) is 6.92 Å². The largest absolute Gasteiger partial charge is 0.484 e. The molecule has 0 saturated carbocycles. The van der Waals surface area contributed by atoms with Crippen LogP contribution in [-0.2, 0) is 16.1 Å². The topological polar surface area (TPSA) is 103 Å². The molecule has 0 unspecified atom stereocenters. The predicted molar refractivity (Wildman–Crippen MR) is 98.1 cm³/mol. The SMILES string of the molecule is Cc1cccc(OCC(=O)NNC(=O)CCn2c(=O)oc3ccccc32)c1. The van der Waals surface area contributed by atoms with Gasteiger partial charge in [-0.25, -0.2) is 4.79 Å². The molecule has 8 heteroatoms. The number of fused-ring (bicyclic) bond motifs is 1. The average molecular weight is 369 g/mol. The smallest absolute Gasteiger partial charge is 0.419 e. The fourth-order valence-corrected chi connectivity index (χ4v) is 2.53. The second-order valence-corrected chi connectivity index (χ2v) is 5.94. The lowest BCUT2D eigenvalue weighted by atomic mass is 10.2. The molecule has 3 aromatic rings. The fraction of sp³-hybridized carbons (Fsp3) is 0.211. The van der Waals surface area contributed by atoms with Gasteiger partial charge in [0.1, 0.15) is 5.75 Å². The van der Waals surface area contributed by atoms with Crippen LogP contribution in [0.15, 0.2) is 57.7 Å². The maximum Gasteiger partial charge on any atom is 0.419 e. The quantitative estimate of drug-likeness (QED) is 0.642. The van der Waals surface area contributed by atoms with E-state index in [4.69, 9.17) is 9.15 Å². The van der Waals surface area contributed by atoms with E-state index in [0.29, 0.717) is 16.8 Å². The van der Waals surface area contributed by atoms with Gasteiger partial charge in [-0.15, -0.1) is 0 Å².